The zero-order valence-electron chi connectivity index (χ0n) is 73.1. The Morgan fingerprint density at radius 1 is 0.125 bits per heavy atom. The van der Waals surface area contributed by atoms with Crippen molar-refractivity contribution in [1.29, 1.82) is 0 Å². The molecule has 4 aliphatic rings. The van der Waals surface area contributed by atoms with Gasteiger partial charge in [0.05, 0.1) is 0 Å². The summed E-state index contributed by atoms with van der Waals surface area (Å²) in [6.45, 7) is 19.2. The molecule has 27 rings (SSSR count). The molecule has 0 N–H and O–H groups in total. The number of benzene rings is 23. The largest absolute Gasteiger partial charge is 0.0622 e. The van der Waals surface area contributed by atoms with Crippen molar-refractivity contribution in [3.63, 3.8) is 0 Å². The highest BCUT2D eigenvalue weighted by Crippen LogP contribution is 2.61. The second kappa shape index (κ2) is 27.2. The molecule has 0 saturated carbocycles. The van der Waals surface area contributed by atoms with E-state index in [1.165, 1.54) is 274 Å². The molecule has 0 radical (unpaired) electrons. The molecule has 23 aromatic carbocycles. The summed E-state index contributed by atoms with van der Waals surface area (Å²) in [5.74, 6) is 0. The molecule has 0 unspecified atom stereocenters. The van der Waals surface area contributed by atoms with Gasteiger partial charge in [-0.05, 0) is 341 Å². The van der Waals surface area contributed by atoms with E-state index in [0.29, 0.717) is 0 Å². The Hall–Kier alpha value is -15.1. The third-order valence-corrected chi connectivity index (χ3v) is 30.5. The summed E-state index contributed by atoms with van der Waals surface area (Å²) in [6, 6.07) is 152. The smallest absolute Gasteiger partial charge is 0.0165 e. The second-order valence-electron chi connectivity index (χ2n) is 38.8. The minimum atomic E-state index is -0.167. The normalized spacial score (nSPS) is 14.3. The minimum absolute atomic E-state index is 0.0942. The number of fused-ring (bicyclic) bond motifs is 29. The lowest BCUT2D eigenvalue weighted by Crippen LogP contribution is -2.15. The third kappa shape index (κ3) is 10.6. The Morgan fingerprint density at radius 3 is 0.766 bits per heavy atom. The molecule has 602 valence electrons. The van der Waals surface area contributed by atoms with Crippen molar-refractivity contribution in [2.45, 2.75) is 77.0 Å². The van der Waals surface area contributed by atoms with Crippen molar-refractivity contribution < 1.29 is 0 Å². The van der Waals surface area contributed by atoms with Gasteiger partial charge in [-0.2, -0.15) is 0 Å². The Morgan fingerprint density at radius 2 is 0.375 bits per heavy atom. The number of rotatable bonds is 6. The molecule has 0 aromatic heterocycles. The van der Waals surface area contributed by atoms with Gasteiger partial charge in [-0.1, -0.05) is 389 Å². The predicted octanol–water partition coefficient (Wildman–Crippen LogP) is 35.3. The predicted molar refractivity (Wildman–Crippen MR) is 548 cm³/mol. The van der Waals surface area contributed by atoms with E-state index in [1.54, 1.807) is 0 Å². The van der Waals surface area contributed by atoms with E-state index in [-0.39, 0.29) is 21.7 Å². The molecule has 0 spiro atoms. The summed E-state index contributed by atoms with van der Waals surface area (Å²) >= 11 is 0. The van der Waals surface area contributed by atoms with Crippen LogP contribution >= 0.6 is 0 Å². The molecule has 0 heterocycles. The van der Waals surface area contributed by atoms with Crippen LogP contribution in [0.25, 0.3) is 230 Å². The molecule has 0 bridgehead atoms. The fourth-order valence-corrected chi connectivity index (χ4v) is 24.5. The van der Waals surface area contributed by atoms with Crippen LogP contribution in [0, 0.1) is 0 Å². The van der Waals surface area contributed by atoms with Crippen LogP contribution in [0.15, 0.2) is 400 Å². The van der Waals surface area contributed by atoms with E-state index in [9.17, 15) is 0 Å². The first-order valence-electron chi connectivity index (χ1n) is 45.6. The van der Waals surface area contributed by atoms with Gasteiger partial charge < -0.3 is 0 Å². The van der Waals surface area contributed by atoms with Crippen LogP contribution in [0.4, 0.5) is 0 Å². The van der Waals surface area contributed by atoms with Crippen molar-refractivity contribution in [2.24, 2.45) is 0 Å². The van der Waals surface area contributed by atoms with E-state index >= 15 is 0 Å². The summed E-state index contributed by atoms with van der Waals surface area (Å²) in [6.07, 6.45) is 0. The summed E-state index contributed by atoms with van der Waals surface area (Å²) in [5.41, 5.74) is 36.6. The lowest BCUT2D eigenvalue weighted by Gasteiger charge is -2.24. The zero-order chi connectivity index (χ0) is 85.5. The lowest BCUT2D eigenvalue weighted by atomic mass is 9.78. The van der Waals surface area contributed by atoms with Crippen LogP contribution in [-0.4, -0.2) is 0 Å². The number of hydrogen-bond donors (Lipinski definition) is 0. The van der Waals surface area contributed by atoms with Gasteiger partial charge in [0.15, 0.2) is 0 Å². The van der Waals surface area contributed by atoms with Crippen molar-refractivity contribution in [3.8, 4) is 111 Å². The average Bonchev–Trinajstić information content (AvgIpc) is 1.57. The van der Waals surface area contributed by atoms with Gasteiger partial charge in [-0.3, -0.25) is 0 Å². The highest BCUT2D eigenvalue weighted by molar-refractivity contribution is 6.27. The van der Waals surface area contributed by atoms with Crippen LogP contribution in [0.2, 0.25) is 0 Å². The quantitative estimate of drug-likeness (QED) is 0.115. The standard InChI is InChI=1S/C66H46.C62H44/c1-65(2)57-34-31-41(37-55(57)61-47-24-12-8-20-43(47)45-22-10-16-28-52(45)63(61)65)59-49-26-14-15-27-50(49)60(54-36-40(30-33-51(54)59)39-18-6-5-7-19-39)42-32-35-58-56(38-42)62-48-25-13-9-21-44(48)46-23-11-17-29-53(46)64(62)66(58,3)4;1-61(2)55-27-24-45(33-50(55)52-30-39-15-7-9-17-41(39)35-57(52)61)59-47-19-11-12-20-48(47)60(54-32-44(23-26-49(54)59)43-22-21-37-13-5-6-14-38(37)29-43)46-25-28-56-51(34-46)53-31-40-16-8-10-18-42(40)36-58(53)62(56,3)4/h5-38H,1-4H3;5-36H,1-4H3. The highest BCUT2D eigenvalue weighted by atomic mass is 14.5. The molecule has 4 aliphatic carbocycles. The SMILES string of the molecule is CC1(C)c2ccc(-c3c4ccccc4c(-c4ccc5c(c4)-c4c(c6ccccc6c6ccccc46)C5(C)C)c4cc(-c5ccccc5)ccc34)cc2-c2c1c1ccccc1c1ccccc21.CC1(C)c2ccc(-c3c4ccccc4c(-c4ccc5c(c4)-c4cc6ccccc6cc4C5(C)C)c4cc(-c5ccc6ccccc6c5)ccc34)cc2-c2cc3ccccc3cc21. The Labute approximate surface area is 746 Å². The first-order chi connectivity index (χ1) is 62.5. The van der Waals surface area contributed by atoms with Gasteiger partial charge in [-0.25, -0.2) is 0 Å². The first-order valence-corrected chi connectivity index (χ1v) is 45.6. The third-order valence-electron chi connectivity index (χ3n) is 30.5. The van der Waals surface area contributed by atoms with E-state index in [4.69, 9.17) is 0 Å². The maximum absolute atomic E-state index is 2.53. The van der Waals surface area contributed by atoms with Gasteiger partial charge in [0, 0.05) is 21.7 Å². The van der Waals surface area contributed by atoms with E-state index in [1.807, 2.05) is 0 Å². The highest BCUT2D eigenvalue weighted by Gasteiger charge is 2.43. The van der Waals surface area contributed by atoms with E-state index in [0.717, 1.165) is 0 Å². The summed E-state index contributed by atoms with van der Waals surface area (Å²) < 4.78 is 0. The molecule has 0 fully saturated rings. The van der Waals surface area contributed by atoms with E-state index in [2.05, 4.69) is 456 Å². The van der Waals surface area contributed by atoms with Crippen molar-refractivity contribution in [1.82, 2.24) is 0 Å². The summed E-state index contributed by atoms with van der Waals surface area (Å²) in [5, 5.41) is 28.5. The minimum Gasteiger partial charge on any atom is -0.0622 e. The van der Waals surface area contributed by atoms with Crippen molar-refractivity contribution in [2.75, 3.05) is 0 Å². The average molecular weight is 1630 g/mol. The van der Waals surface area contributed by atoms with Gasteiger partial charge in [0.2, 0.25) is 0 Å². The molecule has 0 aliphatic heterocycles. The molecule has 0 nitrogen and oxygen atoms in total. The Bertz CT molecular complexity index is 8860. The molecule has 0 heteroatoms. The fraction of sp³-hybridized carbons (Fsp3) is 0.0938. The van der Waals surface area contributed by atoms with Gasteiger partial charge >= 0.3 is 0 Å². The molecule has 0 atom stereocenters. The van der Waals surface area contributed by atoms with Crippen LogP contribution in [-0.2, 0) is 21.7 Å². The molecule has 128 heavy (non-hydrogen) atoms. The van der Waals surface area contributed by atoms with Gasteiger partial charge in [0.25, 0.3) is 0 Å². The van der Waals surface area contributed by atoms with Crippen LogP contribution in [0.3, 0.4) is 0 Å². The second-order valence-corrected chi connectivity index (χ2v) is 38.8. The topological polar surface area (TPSA) is 0 Å². The first kappa shape index (κ1) is 74.4. The lowest BCUT2D eigenvalue weighted by molar-refractivity contribution is 0.661. The number of hydrogen-bond acceptors (Lipinski definition) is 0. The maximum atomic E-state index is 2.53. The summed E-state index contributed by atoms with van der Waals surface area (Å²) in [4.78, 5) is 0. The molecule has 0 amide bonds. The fourth-order valence-electron chi connectivity index (χ4n) is 24.5. The Balaban J connectivity index is 0.000000136. The molecule has 23 aromatic rings. The van der Waals surface area contributed by atoms with Crippen molar-refractivity contribution >= 4 is 118 Å². The van der Waals surface area contributed by atoms with E-state index < -0.39 is 0 Å². The zero-order valence-corrected chi connectivity index (χ0v) is 73.1. The summed E-state index contributed by atoms with van der Waals surface area (Å²) in [7, 11) is 0. The van der Waals surface area contributed by atoms with Gasteiger partial charge in [-0.15, -0.1) is 0 Å². The Kier molecular flexibility index (Phi) is 15.8. The molecular weight excluding hydrogens is 1540 g/mol. The van der Waals surface area contributed by atoms with Gasteiger partial charge in [0.1, 0.15) is 0 Å². The molecule has 0 saturated heterocycles. The van der Waals surface area contributed by atoms with Crippen LogP contribution in [0.5, 0.6) is 0 Å². The molecular formula is C128H90. The maximum Gasteiger partial charge on any atom is 0.0165 e. The van der Waals surface area contributed by atoms with Crippen molar-refractivity contribution in [3.05, 3.63) is 445 Å². The van der Waals surface area contributed by atoms with Crippen LogP contribution < -0.4 is 0 Å². The van der Waals surface area contributed by atoms with Crippen LogP contribution in [0.1, 0.15) is 99.9 Å². The monoisotopic (exact) mass is 1630 g/mol.